The Kier molecular flexibility index (Phi) is 4.99. The Hall–Kier alpha value is -2.95. The van der Waals surface area contributed by atoms with Gasteiger partial charge in [0.25, 0.3) is 0 Å². The molecule has 2 atom stereocenters. The van der Waals surface area contributed by atoms with Gasteiger partial charge in [-0.1, -0.05) is 0 Å². The molecule has 0 amide bonds. The largest absolute Gasteiger partial charge is 0.355 e. The maximum absolute atomic E-state index is 13.1. The summed E-state index contributed by atoms with van der Waals surface area (Å²) in [5.74, 6) is 0.452. The van der Waals surface area contributed by atoms with Crippen LogP contribution in [0.5, 0.6) is 0 Å². The number of halogens is 2. The predicted octanol–water partition coefficient (Wildman–Crippen LogP) is 5.45. The summed E-state index contributed by atoms with van der Waals surface area (Å²) >= 11 is 0. The number of anilines is 1. The highest BCUT2D eigenvalue weighted by atomic mass is 19.1. The molecule has 4 rings (SSSR count). The lowest BCUT2D eigenvalue weighted by molar-refractivity contribution is 0.0890. The zero-order valence-electron chi connectivity index (χ0n) is 15.7. The van der Waals surface area contributed by atoms with Gasteiger partial charge in [0.2, 0.25) is 0 Å². The van der Waals surface area contributed by atoms with Crippen molar-refractivity contribution in [1.29, 1.82) is 0 Å². The maximum atomic E-state index is 13.1. The molecule has 0 spiro atoms. The fourth-order valence-corrected chi connectivity index (χ4v) is 3.97. The van der Waals surface area contributed by atoms with E-state index in [2.05, 4.69) is 16.8 Å². The standard InChI is InChI=1S/C23H22F2N2O/c1-15-14-18(23(28)17-4-8-20(25)9-5-17)12-13-27(15)22-11-10-21(26-22)16-2-6-19(24)7-3-16/h2-11,15,18,26H,12-14H2,1H3/t15-,18?/m1/s1. The van der Waals surface area contributed by atoms with Crippen LogP contribution in [-0.2, 0) is 0 Å². The number of carbonyl (C=O) groups excluding carboxylic acids is 1. The Morgan fingerprint density at radius 1 is 0.964 bits per heavy atom. The van der Waals surface area contributed by atoms with E-state index in [0.717, 1.165) is 36.5 Å². The van der Waals surface area contributed by atoms with Gasteiger partial charge in [-0.3, -0.25) is 4.79 Å². The van der Waals surface area contributed by atoms with Crippen molar-refractivity contribution >= 4 is 11.6 Å². The van der Waals surface area contributed by atoms with Crippen LogP contribution in [0, 0.1) is 17.6 Å². The summed E-state index contributed by atoms with van der Waals surface area (Å²) in [5, 5.41) is 0. The van der Waals surface area contributed by atoms with Crippen molar-refractivity contribution in [3.8, 4) is 11.3 Å². The lowest BCUT2D eigenvalue weighted by Crippen LogP contribution is -2.43. The third-order valence-electron chi connectivity index (χ3n) is 5.51. The Morgan fingerprint density at radius 3 is 2.25 bits per heavy atom. The number of aromatic amines is 1. The molecule has 1 aliphatic rings. The molecule has 0 saturated carbocycles. The van der Waals surface area contributed by atoms with Crippen molar-refractivity contribution in [2.75, 3.05) is 11.4 Å². The van der Waals surface area contributed by atoms with Crippen LogP contribution >= 0.6 is 0 Å². The second-order valence-electron chi connectivity index (χ2n) is 7.40. The molecule has 2 aromatic carbocycles. The highest BCUT2D eigenvalue weighted by Crippen LogP contribution is 2.31. The molecule has 3 aromatic rings. The first-order chi connectivity index (χ1) is 13.5. The van der Waals surface area contributed by atoms with E-state index in [0.29, 0.717) is 5.56 Å². The van der Waals surface area contributed by atoms with Crippen LogP contribution in [0.25, 0.3) is 11.3 Å². The van der Waals surface area contributed by atoms with E-state index < -0.39 is 0 Å². The number of nitrogens with zero attached hydrogens (tertiary/aromatic N) is 1. The van der Waals surface area contributed by atoms with Gasteiger partial charge in [0, 0.05) is 29.8 Å². The van der Waals surface area contributed by atoms with E-state index in [1.807, 2.05) is 12.1 Å². The minimum absolute atomic E-state index is 0.0526. The van der Waals surface area contributed by atoms with Crippen molar-refractivity contribution < 1.29 is 13.6 Å². The molecular formula is C23H22F2N2O. The topological polar surface area (TPSA) is 36.1 Å². The zero-order chi connectivity index (χ0) is 19.7. The summed E-state index contributed by atoms with van der Waals surface area (Å²) in [6.07, 6.45) is 1.51. The van der Waals surface area contributed by atoms with Crippen molar-refractivity contribution in [3.05, 3.63) is 77.9 Å². The molecular weight excluding hydrogens is 358 g/mol. The Balaban J connectivity index is 1.45. The van der Waals surface area contributed by atoms with Gasteiger partial charge in [-0.05, 0) is 86.0 Å². The molecule has 1 aromatic heterocycles. The van der Waals surface area contributed by atoms with Gasteiger partial charge in [-0.15, -0.1) is 0 Å². The van der Waals surface area contributed by atoms with Gasteiger partial charge in [-0.2, -0.15) is 0 Å². The number of piperidine rings is 1. The van der Waals surface area contributed by atoms with Gasteiger partial charge in [0.05, 0.1) is 0 Å². The summed E-state index contributed by atoms with van der Waals surface area (Å²) < 4.78 is 26.2. The molecule has 0 aliphatic carbocycles. The predicted molar refractivity (Wildman–Crippen MR) is 106 cm³/mol. The second-order valence-corrected chi connectivity index (χ2v) is 7.40. The summed E-state index contributed by atoms with van der Waals surface area (Å²) in [7, 11) is 0. The lowest BCUT2D eigenvalue weighted by Gasteiger charge is -2.38. The molecule has 1 N–H and O–H groups in total. The van der Waals surface area contributed by atoms with Crippen molar-refractivity contribution in [1.82, 2.24) is 4.98 Å². The molecule has 5 heteroatoms. The van der Waals surface area contributed by atoms with Crippen LogP contribution in [0.4, 0.5) is 14.6 Å². The number of hydrogen-bond acceptors (Lipinski definition) is 2. The summed E-state index contributed by atoms with van der Waals surface area (Å²) in [6.45, 7) is 2.88. The molecule has 1 saturated heterocycles. The molecule has 1 aliphatic heterocycles. The minimum Gasteiger partial charge on any atom is -0.355 e. The molecule has 3 nitrogen and oxygen atoms in total. The number of aromatic nitrogens is 1. The van der Waals surface area contributed by atoms with E-state index in [9.17, 15) is 13.6 Å². The third kappa shape index (κ3) is 3.70. The van der Waals surface area contributed by atoms with Crippen molar-refractivity contribution in [2.24, 2.45) is 5.92 Å². The quantitative estimate of drug-likeness (QED) is 0.611. The van der Waals surface area contributed by atoms with Gasteiger partial charge < -0.3 is 9.88 Å². The third-order valence-corrected chi connectivity index (χ3v) is 5.51. The first kappa shape index (κ1) is 18.4. The number of Topliss-reactive ketones (excluding diaryl/α,β-unsaturated/α-hetero) is 1. The Morgan fingerprint density at radius 2 is 1.61 bits per heavy atom. The van der Waals surface area contributed by atoms with E-state index in [1.165, 1.54) is 24.3 Å². The molecule has 0 radical (unpaired) electrons. The van der Waals surface area contributed by atoms with Crippen LogP contribution in [0.1, 0.15) is 30.1 Å². The van der Waals surface area contributed by atoms with E-state index in [4.69, 9.17) is 0 Å². The highest BCUT2D eigenvalue weighted by molar-refractivity contribution is 5.98. The van der Waals surface area contributed by atoms with E-state index >= 15 is 0 Å². The highest BCUT2D eigenvalue weighted by Gasteiger charge is 2.31. The average molecular weight is 380 g/mol. The fraction of sp³-hybridized carbons (Fsp3) is 0.261. The normalized spacial score (nSPS) is 19.6. The number of rotatable bonds is 4. The second kappa shape index (κ2) is 7.58. The number of ketones is 1. The number of hydrogen-bond donors (Lipinski definition) is 1. The number of nitrogens with one attached hydrogen (secondary N) is 1. The summed E-state index contributed by atoms with van der Waals surface area (Å²) in [4.78, 5) is 18.4. The Bertz CT molecular complexity index is 963. The monoisotopic (exact) mass is 380 g/mol. The van der Waals surface area contributed by atoms with E-state index in [-0.39, 0.29) is 29.4 Å². The van der Waals surface area contributed by atoms with Crippen LogP contribution in [0.2, 0.25) is 0 Å². The molecule has 2 heterocycles. The lowest BCUT2D eigenvalue weighted by atomic mass is 9.85. The van der Waals surface area contributed by atoms with Gasteiger partial charge in [-0.25, -0.2) is 8.78 Å². The first-order valence-electron chi connectivity index (χ1n) is 9.52. The van der Waals surface area contributed by atoms with Gasteiger partial charge in [0.1, 0.15) is 17.5 Å². The van der Waals surface area contributed by atoms with E-state index in [1.54, 1.807) is 24.3 Å². The fourth-order valence-electron chi connectivity index (χ4n) is 3.97. The van der Waals surface area contributed by atoms with Crippen molar-refractivity contribution in [3.63, 3.8) is 0 Å². The van der Waals surface area contributed by atoms with Crippen LogP contribution < -0.4 is 4.90 Å². The van der Waals surface area contributed by atoms with Gasteiger partial charge in [0.15, 0.2) is 5.78 Å². The number of carbonyl (C=O) groups is 1. The zero-order valence-corrected chi connectivity index (χ0v) is 15.7. The average Bonchev–Trinajstić information content (AvgIpc) is 3.18. The SMILES string of the molecule is C[C@@H]1CC(C(=O)c2ccc(F)cc2)CCN1c1ccc(-c2ccc(F)cc2)[nH]1. The number of H-pyrrole nitrogens is 1. The Labute approximate surface area is 163 Å². The van der Waals surface area contributed by atoms with Crippen molar-refractivity contribution in [2.45, 2.75) is 25.8 Å². The summed E-state index contributed by atoms with van der Waals surface area (Å²) in [5.41, 5.74) is 2.44. The van der Waals surface area contributed by atoms with Crippen LogP contribution in [0.3, 0.4) is 0 Å². The molecule has 0 bridgehead atoms. The molecule has 1 unspecified atom stereocenters. The molecule has 1 fully saturated rings. The minimum atomic E-state index is -0.330. The van der Waals surface area contributed by atoms with Crippen LogP contribution in [0.15, 0.2) is 60.7 Å². The molecule has 144 valence electrons. The maximum Gasteiger partial charge on any atom is 0.166 e. The smallest absolute Gasteiger partial charge is 0.166 e. The first-order valence-corrected chi connectivity index (χ1v) is 9.52. The number of benzene rings is 2. The molecule has 28 heavy (non-hydrogen) atoms. The van der Waals surface area contributed by atoms with Gasteiger partial charge >= 0.3 is 0 Å². The summed E-state index contributed by atoms with van der Waals surface area (Å²) in [6, 6.07) is 16.4. The van der Waals surface area contributed by atoms with Crippen LogP contribution in [-0.4, -0.2) is 23.4 Å².